The fourth-order valence-corrected chi connectivity index (χ4v) is 6.90. The van der Waals surface area contributed by atoms with Gasteiger partial charge in [-0.05, 0) is 74.6 Å². The third-order valence-corrected chi connectivity index (χ3v) is 7.91. The molecule has 2 atom stereocenters. The van der Waals surface area contributed by atoms with Gasteiger partial charge in [-0.25, -0.2) is 0 Å². The van der Waals surface area contributed by atoms with E-state index in [9.17, 15) is 5.11 Å². The summed E-state index contributed by atoms with van der Waals surface area (Å²) in [6.07, 6.45) is 6.56. The Hall–Kier alpha value is -1.07. The Morgan fingerprint density at radius 2 is 1.83 bits per heavy atom. The molecule has 0 saturated heterocycles. The van der Waals surface area contributed by atoms with E-state index >= 15 is 0 Å². The second-order valence-corrected chi connectivity index (χ2v) is 10.8. The molecule has 0 aliphatic heterocycles. The summed E-state index contributed by atoms with van der Waals surface area (Å²) in [5, 5.41) is 15.6. The molecule has 0 aromatic heterocycles. The molecule has 2 aromatic carbocycles. The topological polar surface area (TPSA) is 41.5 Å². The van der Waals surface area contributed by atoms with Crippen LogP contribution in [0.4, 0.5) is 0 Å². The molecule has 5 heteroatoms. The van der Waals surface area contributed by atoms with Crippen molar-refractivity contribution < 1.29 is 9.84 Å². The van der Waals surface area contributed by atoms with Crippen LogP contribution < -0.4 is 10.1 Å². The zero-order valence-electron chi connectivity index (χ0n) is 16.5. The summed E-state index contributed by atoms with van der Waals surface area (Å²) in [6, 6.07) is 14.0. The third-order valence-electron chi connectivity index (χ3n) is 7.05. The zero-order chi connectivity index (χ0) is 20.1. The zero-order valence-corrected chi connectivity index (χ0v) is 18.8. The molecule has 154 valence electrons. The van der Waals surface area contributed by atoms with Crippen LogP contribution in [0.3, 0.4) is 0 Å². The highest BCUT2D eigenvalue weighted by atomic mass is 79.9. The van der Waals surface area contributed by atoms with E-state index in [0.717, 1.165) is 52.2 Å². The minimum absolute atomic E-state index is 0.0706. The minimum atomic E-state index is -0.447. The van der Waals surface area contributed by atoms with Crippen LogP contribution in [0.25, 0.3) is 0 Å². The SMILES string of the molecule is OC12CC3CC(C1)CC(NCc1cc(Br)ccc1OCc1ccccc1Cl)(C3)C2. The number of aliphatic hydroxyl groups is 1. The van der Waals surface area contributed by atoms with E-state index in [4.69, 9.17) is 16.3 Å². The number of hydrogen-bond acceptors (Lipinski definition) is 3. The summed E-state index contributed by atoms with van der Waals surface area (Å²) in [5.41, 5.74) is 1.74. The summed E-state index contributed by atoms with van der Waals surface area (Å²) in [6.45, 7) is 1.19. The van der Waals surface area contributed by atoms with Gasteiger partial charge in [-0.1, -0.05) is 45.7 Å². The van der Waals surface area contributed by atoms with Crippen molar-refractivity contribution in [3.63, 3.8) is 0 Å². The first-order valence-electron chi connectivity index (χ1n) is 10.5. The number of benzene rings is 2. The van der Waals surface area contributed by atoms with Crippen molar-refractivity contribution in [3.8, 4) is 5.75 Å². The summed E-state index contributed by atoms with van der Waals surface area (Å²) in [5.74, 6) is 2.23. The van der Waals surface area contributed by atoms with E-state index in [2.05, 4.69) is 27.3 Å². The molecule has 0 heterocycles. The summed E-state index contributed by atoms with van der Waals surface area (Å²) in [7, 11) is 0. The van der Waals surface area contributed by atoms with Crippen LogP contribution in [0.1, 0.15) is 49.7 Å². The molecule has 4 aliphatic rings. The first kappa shape index (κ1) is 19.9. The lowest BCUT2D eigenvalue weighted by molar-refractivity contribution is -0.142. The molecular weight excluding hydrogens is 450 g/mol. The quantitative estimate of drug-likeness (QED) is 0.549. The summed E-state index contributed by atoms with van der Waals surface area (Å²) < 4.78 is 7.20. The van der Waals surface area contributed by atoms with Gasteiger partial charge < -0.3 is 15.2 Å². The molecule has 0 radical (unpaired) electrons. The van der Waals surface area contributed by atoms with Crippen molar-refractivity contribution >= 4 is 27.5 Å². The molecule has 4 saturated carbocycles. The van der Waals surface area contributed by atoms with Crippen molar-refractivity contribution in [2.24, 2.45) is 11.8 Å². The number of hydrogen-bond donors (Lipinski definition) is 2. The van der Waals surface area contributed by atoms with E-state index in [1.54, 1.807) is 0 Å². The van der Waals surface area contributed by atoms with Crippen LogP contribution >= 0.6 is 27.5 Å². The van der Waals surface area contributed by atoms with Gasteiger partial charge in [-0.3, -0.25) is 0 Å². The van der Waals surface area contributed by atoms with E-state index in [-0.39, 0.29) is 5.54 Å². The number of ether oxygens (including phenoxy) is 1. The first-order valence-corrected chi connectivity index (χ1v) is 11.7. The van der Waals surface area contributed by atoms with Crippen molar-refractivity contribution in [1.29, 1.82) is 0 Å². The van der Waals surface area contributed by atoms with Crippen molar-refractivity contribution in [3.05, 3.63) is 63.1 Å². The average molecular weight is 477 g/mol. The van der Waals surface area contributed by atoms with E-state index in [1.165, 1.54) is 19.3 Å². The molecule has 6 rings (SSSR count). The lowest BCUT2D eigenvalue weighted by Crippen LogP contribution is -2.64. The van der Waals surface area contributed by atoms with Crippen LogP contribution in [0.5, 0.6) is 5.75 Å². The molecule has 2 aromatic rings. The molecule has 2 unspecified atom stereocenters. The maximum atomic E-state index is 11.0. The molecule has 4 bridgehead atoms. The van der Waals surface area contributed by atoms with Gasteiger partial charge in [0.25, 0.3) is 0 Å². The molecule has 3 nitrogen and oxygen atoms in total. The summed E-state index contributed by atoms with van der Waals surface area (Å²) >= 11 is 9.88. The van der Waals surface area contributed by atoms with Crippen LogP contribution in [-0.4, -0.2) is 16.2 Å². The van der Waals surface area contributed by atoms with Gasteiger partial charge in [0.1, 0.15) is 12.4 Å². The molecule has 0 spiro atoms. The van der Waals surface area contributed by atoms with Crippen LogP contribution in [0.2, 0.25) is 5.02 Å². The molecule has 0 amide bonds. The Morgan fingerprint density at radius 1 is 1.07 bits per heavy atom. The maximum Gasteiger partial charge on any atom is 0.124 e. The van der Waals surface area contributed by atoms with Gasteiger partial charge in [0, 0.05) is 32.7 Å². The monoisotopic (exact) mass is 475 g/mol. The Kier molecular flexibility index (Phi) is 5.18. The van der Waals surface area contributed by atoms with E-state index in [0.29, 0.717) is 18.4 Å². The lowest BCUT2D eigenvalue weighted by Gasteiger charge is -2.60. The standard InChI is InChI=1S/C24H27BrClNO2/c25-20-5-6-22(29-14-18-3-1-2-4-21(18)26)19(8-20)13-27-23-9-16-7-17(10-23)12-24(28,11-16)15-23/h1-6,8,16-17,27-28H,7,9-15H2. The first-order chi connectivity index (χ1) is 13.9. The van der Waals surface area contributed by atoms with Crippen LogP contribution in [0, 0.1) is 11.8 Å². The minimum Gasteiger partial charge on any atom is -0.489 e. The highest BCUT2D eigenvalue weighted by Crippen LogP contribution is 2.57. The van der Waals surface area contributed by atoms with Crippen LogP contribution in [-0.2, 0) is 13.2 Å². The Labute approximate surface area is 185 Å². The Balaban J connectivity index is 1.31. The molecule has 2 N–H and O–H groups in total. The van der Waals surface area contributed by atoms with Crippen molar-refractivity contribution in [2.75, 3.05) is 0 Å². The largest absolute Gasteiger partial charge is 0.489 e. The Bertz CT molecular complexity index is 904. The number of halogens is 2. The smallest absolute Gasteiger partial charge is 0.124 e. The second kappa shape index (κ2) is 7.56. The molecular formula is C24H27BrClNO2. The highest BCUT2D eigenvalue weighted by molar-refractivity contribution is 9.10. The van der Waals surface area contributed by atoms with Gasteiger partial charge in [-0.15, -0.1) is 0 Å². The second-order valence-electron chi connectivity index (χ2n) is 9.45. The van der Waals surface area contributed by atoms with Crippen molar-refractivity contribution in [2.45, 2.75) is 62.8 Å². The molecule has 4 aliphatic carbocycles. The summed E-state index contributed by atoms with van der Waals surface area (Å²) in [4.78, 5) is 0. The maximum absolute atomic E-state index is 11.0. The van der Waals surface area contributed by atoms with Gasteiger partial charge in [0.2, 0.25) is 0 Å². The average Bonchev–Trinajstić information content (AvgIpc) is 2.65. The predicted octanol–water partition coefficient (Wildman–Crippen LogP) is 5.85. The van der Waals surface area contributed by atoms with Gasteiger partial charge in [0.05, 0.1) is 5.60 Å². The Morgan fingerprint density at radius 3 is 2.55 bits per heavy atom. The highest BCUT2D eigenvalue weighted by Gasteiger charge is 2.56. The fourth-order valence-electron chi connectivity index (χ4n) is 6.30. The number of rotatable bonds is 6. The molecule has 29 heavy (non-hydrogen) atoms. The van der Waals surface area contributed by atoms with Gasteiger partial charge in [0.15, 0.2) is 0 Å². The van der Waals surface area contributed by atoms with Gasteiger partial charge >= 0.3 is 0 Å². The predicted molar refractivity (Wildman–Crippen MR) is 119 cm³/mol. The van der Waals surface area contributed by atoms with Crippen LogP contribution in [0.15, 0.2) is 46.9 Å². The van der Waals surface area contributed by atoms with E-state index in [1.807, 2.05) is 36.4 Å². The van der Waals surface area contributed by atoms with Gasteiger partial charge in [-0.2, -0.15) is 0 Å². The fraction of sp³-hybridized carbons (Fsp3) is 0.500. The molecule has 4 fully saturated rings. The third kappa shape index (κ3) is 4.10. The lowest BCUT2D eigenvalue weighted by atomic mass is 9.51. The van der Waals surface area contributed by atoms with E-state index < -0.39 is 5.60 Å². The normalized spacial score (nSPS) is 32.5. The number of nitrogens with one attached hydrogen (secondary N) is 1. The van der Waals surface area contributed by atoms with Crippen molar-refractivity contribution in [1.82, 2.24) is 5.32 Å².